The van der Waals surface area contributed by atoms with E-state index in [9.17, 15) is 9.59 Å². The molecular formula is C15H31N3O3. The summed E-state index contributed by atoms with van der Waals surface area (Å²) in [7, 11) is 0. The molecule has 0 saturated carbocycles. The second-order valence-corrected chi connectivity index (χ2v) is 6.33. The van der Waals surface area contributed by atoms with Crippen molar-refractivity contribution in [1.29, 1.82) is 0 Å². The SMILES string of the molecule is CC(C)CN(CC(=O)O)C(=O)NCCN(C(C)C)C(C)C. The van der Waals surface area contributed by atoms with Gasteiger partial charge in [-0.25, -0.2) is 4.79 Å². The second-order valence-electron chi connectivity index (χ2n) is 6.33. The number of nitrogens with zero attached hydrogens (tertiary/aromatic N) is 2. The lowest BCUT2D eigenvalue weighted by Gasteiger charge is -2.31. The zero-order valence-electron chi connectivity index (χ0n) is 14.2. The fourth-order valence-electron chi connectivity index (χ4n) is 2.34. The molecule has 0 heterocycles. The lowest BCUT2D eigenvalue weighted by Crippen LogP contribution is -2.48. The van der Waals surface area contributed by atoms with Gasteiger partial charge in [0.05, 0.1) is 0 Å². The van der Waals surface area contributed by atoms with Gasteiger partial charge in [0.25, 0.3) is 0 Å². The molecule has 2 amide bonds. The first-order valence-electron chi connectivity index (χ1n) is 7.65. The average molecular weight is 301 g/mol. The molecule has 0 aliphatic rings. The molecule has 0 aromatic carbocycles. The molecule has 6 heteroatoms. The van der Waals surface area contributed by atoms with Crippen LogP contribution in [0.2, 0.25) is 0 Å². The monoisotopic (exact) mass is 301 g/mol. The summed E-state index contributed by atoms with van der Waals surface area (Å²) in [5, 5.41) is 11.7. The van der Waals surface area contributed by atoms with Crippen LogP contribution < -0.4 is 5.32 Å². The van der Waals surface area contributed by atoms with Crippen LogP contribution in [0.25, 0.3) is 0 Å². The largest absolute Gasteiger partial charge is 0.480 e. The van der Waals surface area contributed by atoms with Crippen molar-refractivity contribution in [3.63, 3.8) is 0 Å². The van der Waals surface area contributed by atoms with E-state index in [1.807, 2.05) is 13.8 Å². The Bertz CT molecular complexity index is 322. The summed E-state index contributed by atoms with van der Waals surface area (Å²) in [6, 6.07) is 0.513. The Hall–Kier alpha value is -1.30. The summed E-state index contributed by atoms with van der Waals surface area (Å²) in [5.41, 5.74) is 0. The molecule has 6 nitrogen and oxygen atoms in total. The second kappa shape index (κ2) is 9.60. The molecule has 0 aromatic heterocycles. The van der Waals surface area contributed by atoms with Gasteiger partial charge in [-0.1, -0.05) is 13.8 Å². The Kier molecular flexibility index (Phi) is 9.01. The predicted octanol–water partition coefficient (Wildman–Crippen LogP) is 1.86. The maximum absolute atomic E-state index is 12.1. The van der Waals surface area contributed by atoms with Crippen LogP contribution in [0.3, 0.4) is 0 Å². The third kappa shape index (κ3) is 8.55. The zero-order valence-corrected chi connectivity index (χ0v) is 14.2. The molecule has 0 spiro atoms. The van der Waals surface area contributed by atoms with E-state index in [0.29, 0.717) is 25.2 Å². The van der Waals surface area contributed by atoms with Gasteiger partial charge in [-0.2, -0.15) is 0 Å². The number of hydrogen-bond donors (Lipinski definition) is 2. The van der Waals surface area contributed by atoms with Gasteiger partial charge in [0.1, 0.15) is 6.54 Å². The number of nitrogens with one attached hydrogen (secondary N) is 1. The smallest absolute Gasteiger partial charge is 0.323 e. The van der Waals surface area contributed by atoms with Crippen molar-refractivity contribution < 1.29 is 14.7 Å². The van der Waals surface area contributed by atoms with Crippen LogP contribution in [0.1, 0.15) is 41.5 Å². The summed E-state index contributed by atoms with van der Waals surface area (Å²) in [5.74, 6) is -0.755. The molecular weight excluding hydrogens is 270 g/mol. The molecule has 0 rings (SSSR count). The van der Waals surface area contributed by atoms with Gasteiger partial charge >= 0.3 is 12.0 Å². The Morgan fingerprint density at radius 2 is 1.57 bits per heavy atom. The third-order valence-electron chi connectivity index (χ3n) is 3.17. The minimum atomic E-state index is -0.989. The van der Waals surface area contributed by atoms with Crippen LogP contribution in [0.5, 0.6) is 0 Å². The van der Waals surface area contributed by atoms with Crippen molar-refractivity contribution >= 4 is 12.0 Å². The average Bonchev–Trinajstić information content (AvgIpc) is 2.31. The zero-order chi connectivity index (χ0) is 16.6. The van der Waals surface area contributed by atoms with Gasteiger partial charge in [-0.05, 0) is 33.6 Å². The molecule has 0 saturated heterocycles. The lowest BCUT2D eigenvalue weighted by atomic mass is 10.2. The van der Waals surface area contributed by atoms with E-state index in [1.54, 1.807) is 0 Å². The maximum atomic E-state index is 12.1. The number of carbonyl (C=O) groups excluding carboxylic acids is 1. The summed E-state index contributed by atoms with van der Waals surface area (Å²) >= 11 is 0. The molecule has 2 N–H and O–H groups in total. The van der Waals surface area contributed by atoms with Gasteiger partial charge in [-0.15, -0.1) is 0 Å². The molecule has 0 aliphatic heterocycles. The van der Waals surface area contributed by atoms with Crippen LogP contribution >= 0.6 is 0 Å². The van der Waals surface area contributed by atoms with E-state index in [1.165, 1.54) is 4.90 Å². The predicted molar refractivity (Wildman–Crippen MR) is 84.4 cm³/mol. The highest BCUT2D eigenvalue weighted by Gasteiger charge is 2.18. The molecule has 0 aliphatic carbocycles. The Labute approximate surface area is 128 Å². The highest BCUT2D eigenvalue weighted by Crippen LogP contribution is 2.04. The van der Waals surface area contributed by atoms with Crippen LogP contribution in [0.4, 0.5) is 4.79 Å². The number of carboxylic acid groups (broad SMARTS) is 1. The minimum absolute atomic E-state index is 0.234. The number of hydrogen-bond acceptors (Lipinski definition) is 3. The standard InChI is InChI=1S/C15H31N3O3/c1-11(2)9-17(10-14(19)20)15(21)16-7-8-18(12(3)4)13(5)6/h11-13H,7-10H2,1-6H3,(H,16,21)(H,19,20). The summed E-state index contributed by atoms with van der Waals surface area (Å²) in [6.45, 7) is 13.9. The van der Waals surface area contributed by atoms with Crippen molar-refractivity contribution in [3.8, 4) is 0 Å². The summed E-state index contributed by atoms with van der Waals surface area (Å²) in [4.78, 5) is 26.5. The summed E-state index contributed by atoms with van der Waals surface area (Å²) in [6.07, 6.45) is 0. The lowest BCUT2D eigenvalue weighted by molar-refractivity contribution is -0.137. The van der Waals surface area contributed by atoms with Gasteiger partial charge in [-0.3, -0.25) is 9.69 Å². The van der Waals surface area contributed by atoms with E-state index in [4.69, 9.17) is 5.11 Å². The van der Waals surface area contributed by atoms with Gasteiger partial charge in [0.2, 0.25) is 0 Å². The van der Waals surface area contributed by atoms with Crippen LogP contribution in [0, 0.1) is 5.92 Å². The molecule has 0 atom stereocenters. The molecule has 0 fully saturated rings. The topological polar surface area (TPSA) is 72.9 Å². The highest BCUT2D eigenvalue weighted by molar-refractivity contribution is 5.80. The third-order valence-corrected chi connectivity index (χ3v) is 3.17. The quantitative estimate of drug-likeness (QED) is 0.682. The van der Waals surface area contributed by atoms with Crippen molar-refractivity contribution in [3.05, 3.63) is 0 Å². The number of urea groups is 1. The minimum Gasteiger partial charge on any atom is -0.480 e. The molecule has 21 heavy (non-hydrogen) atoms. The normalized spacial score (nSPS) is 11.5. The van der Waals surface area contributed by atoms with Gasteiger partial charge in [0, 0.05) is 31.7 Å². The fraction of sp³-hybridized carbons (Fsp3) is 0.867. The van der Waals surface area contributed by atoms with Crippen LogP contribution in [-0.4, -0.2) is 65.2 Å². The van der Waals surface area contributed by atoms with Gasteiger partial charge in [0.15, 0.2) is 0 Å². The molecule has 124 valence electrons. The van der Waals surface area contributed by atoms with Crippen molar-refractivity contribution in [2.75, 3.05) is 26.2 Å². The molecule has 0 bridgehead atoms. The molecule has 0 aromatic rings. The van der Waals surface area contributed by atoms with E-state index in [-0.39, 0.29) is 18.5 Å². The Morgan fingerprint density at radius 3 is 1.95 bits per heavy atom. The van der Waals surface area contributed by atoms with E-state index >= 15 is 0 Å². The number of carboxylic acids is 1. The van der Waals surface area contributed by atoms with Gasteiger partial charge < -0.3 is 15.3 Å². The highest BCUT2D eigenvalue weighted by atomic mass is 16.4. The van der Waals surface area contributed by atoms with Crippen LogP contribution in [0.15, 0.2) is 0 Å². The number of carbonyl (C=O) groups is 2. The first kappa shape index (κ1) is 19.7. The first-order chi connectivity index (χ1) is 9.65. The van der Waals surface area contributed by atoms with Crippen molar-refractivity contribution in [2.24, 2.45) is 5.92 Å². The number of rotatable bonds is 9. The summed E-state index contributed by atoms with van der Waals surface area (Å²) < 4.78 is 0. The Morgan fingerprint density at radius 1 is 1.05 bits per heavy atom. The molecule has 0 unspecified atom stereocenters. The number of aliphatic carboxylic acids is 1. The first-order valence-corrected chi connectivity index (χ1v) is 7.65. The van der Waals surface area contributed by atoms with Crippen molar-refractivity contribution in [1.82, 2.24) is 15.1 Å². The fourth-order valence-corrected chi connectivity index (χ4v) is 2.34. The Balaban J connectivity index is 4.39. The maximum Gasteiger partial charge on any atom is 0.323 e. The van der Waals surface area contributed by atoms with Crippen molar-refractivity contribution in [2.45, 2.75) is 53.6 Å². The number of amides is 2. The van der Waals surface area contributed by atoms with E-state index < -0.39 is 5.97 Å². The van der Waals surface area contributed by atoms with E-state index in [0.717, 1.165) is 6.54 Å². The van der Waals surface area contributed by atoms with Crippen LogP contribution in [-0.2, 0) is 4.79 Å². The van der Waals surface area contributed by atoms with E-state index in [2.05, 4.69) is 37.9 Å². The molecule has 0 radical (unpaired) electrons.